The maximum Gasteiger partial charge on any atom is 0.193 e. The molecule has 152 valence electrons. The van der Waals surface area contributed by atoms with Crippen LogP contribution in [0.5, 0.6) is 0 Å². The standard InChI is InChI=1S/C20H26ClN5O.HI/c1-14-10-17(24-27-14)13-25-6-8-26(9-7-25)20(22-2)23-19-12-18(19)15-4-3-5-16(21)11-15;/h3-5,10-11,18-19H,6-9,12-13H2,1-2H3,(H,22,23);1H. The van der Waals surface area contributed by atoms with Gasteiger partial charge in [0.1, 0.15) is 5.76 Å². The van der Waals surface area contributed by atoms with Gasteiger partial charge in [0.2, 0.25) is 0 Å². The predicted molar refractivity (Wildman–Crippen MR) is 123 cm³/mol. The molecule has 4 rings (SSSR count). The molecule has 2 fully saturated rings. The number of nitrogens with zero attached hydrogens (tertiary/aromatic N) is 4. The first-order valence-electron chi connectivity index (χ1n) is 9.50. The van der Waals surface area contributed by atoms with Gasteiger partial charge < -0.3 is 14.7 Å². The Bertz CT molecular complexity index is 818. The Kier molecular flexibility index (Phi) is 7.22. The fourth-order valence-electron chi connectivity index (χ4n) is 3.76. The van der Waals surface area contributed by atoms with E-state index in [1.165, 1.54) is 5.56 Å². The van der Waals surface area contributed by atoms with Crippen molar-refractivity contribution in [2.45, 2.75) is 31.8 Å². The second kappa shape index (κ2) is 9.45. The molecule has 1 N–H and O–H groups in total. The number of aliphatic imine (C=N–C) groups is 1. The lowest BCUT2D eigenvalue weighted by Crippen LogP contribution is -2.52. The first kappa shape index (κ1) is 21.4. The molecule has 1 aliphatic heterocycles. The molecule has 2 heterocycles. The zero-order valence-electron chi connectivity index (χ0n) is 16.3. The highest BCUT2D eigenvalue weighted by Gasteiger charge is 2.39. The van der Waals surface area contributed by atoms with Gasteiger partial charge in [-0.2, -0.15) is 0 Å². The molecule has 0 amide bonds. The minimum atomic E-state index is 0. The summed E-state index contributed by atoms with van der Waals surface area (Å²) in [4.78, 5) is 9.26. The number of halogens is 2. The van der Waals surface area contributed by atoms with Crippen LogP contribution in [0.15, 0.2) is 39.8 Å². The van der Waals surface area contributed by atoms with Crippen LogP contribution in [0, 0.1) is 6.92 Å². The summed E-state index contributed by atoms with van der Waals surface area (Å²) in [5.41, 5.74) is 2.31. The monoisotopic (exact) mass is 515 g/mol. The van der Waals surface area contributed by atoms with Gasteiger partial charge in [0.05, 0.1) is 5.69 Å². The van der Waals surface area contributed by atoms with E-state index in [9.17, 15) is 0 Å². The molecule has 0 spiro atoms. The van der Waals surface area contributed by atoms with E-state index in [2.05, 4.69) is 37.4 Å². The molecule has 1 aromatic carbocycles. The minimum Gasteiger partial charge on any atom is -0.361 e. The summed E-state index contributed by atoms with van der Waals surface area (Å²) < 4.78 is 5.16. The van der Waals surface area contributed by atoms with Gasteiger partial charge in [-0.05, 0) is 31.0 Å². The lowest BCUT2D eigenvalue weighted by Gasteiger charge is -2.36. The van der Waals surface area contributed by atoms with Gasteiger partial charge in [-0.3, -0.25) is 9.89 Å². The Hall–Kier alpha value is -1.32. The van der Waals surface area contributed by atoms with Crippen LogP contribution < -0.4 is 5.32 Å². The Morgan fingerprint density at radius 1 is 1.29 bits per heavy atom. The molecule has 2 aliphatic rings. The smallest absolute Gasteiger partial charge is 0.193 e. The summed E-state index contributed by atoms with van der Waals surface area (Å²) in [7, 11) is 1.86. The lowest BCUT2D eigenvalue weighted by molar-refractivity contribution is 0.169. The Balaban J connectivity index is 0.00000225. The van der Waals surface area contributed by atoms with Crippen molar-refractivity contribution >= 4 is 41.5 Å². The normalized spacial score (nSPS) is 22.7. The summed E-state index contributed by atoms with van der Waals surface area (Å²) in [6.07, 6.45) is 1.13. The topological polar surface area (TPSA) is 56.9 Å². The minimum absolute atomic E-state index is 0. The Morgan fingerprint density at radius 3 is 2.71 bits per heavy atom. The average molecular weight is 516 g/mol. The van der Waals surface area contributed by atoms with Crippen molar-refractivity contribution in [3.05, 3.63) is 52.4 Å². The molecular formula is C20H27ClIN5O. The Labute approximate surface area is 188 Å². The second-order valence-electron chi connectivity index (χ2n) is 7.39. The molecular weight excluding hydrogens is 489 g/mol. The van der Waals surface area contributed by atoms with Crippen molar-refractivity contribution in [1.29, 1.82) is 0 Å². The lowest BCUT2D eigenvalue weighted by atomic mass is 10.1. The third-order valence-corrected chi connectivity index (χ3v) is 5.56. The van der Waals surface area contributed by atoms with Crippen LogP contribution >= 0.6 is 35.6 Å². The number of aromatic nitrogens is 1. The first-order chi connectivity index (χ1) is 13.1. The molecule has 1 saturated carbocycles. The molecule has 2 aromatic rings. The summed E-state index contributed by atoms with van der Waals surface area (Å²) in [5.74, 6) is 2.39. The third-order valence-electron chi connectivity index (χ3n) is 5.33. The molecule has 8 heteroatoms. The molecule has 6 nitrogen and oxygen atoms in total. The fraction of sp³-hybridized carbons (Fsp3) is 0.500. The number of rotatable bonds is 4. The summed E-state index contributed by atoms with van der Waals surface area (Å²) in [6, 6.07) is 10.6. The zero-order chi connectivity index (χ0) is 18.8. The van der Waals surface area contributed by atoms with Crippen molar-refractivity contribution in [1.82, 2.24) is 20.3 Å². The quantitative estimate of drug-likeness (QED) is 0.384. The van der Waals surface area contributed by atoms with Crippen LogP contribution in [-0.4, -0.2) is 60.2 Å². The molecule has 2 unspecified atom stereocenters. The highest BCUT2D eigenvalue weighted by Crippen LogP contribution is 2.41. The van der Waals surface area contributed by atoms with E-state index in [0.717, 1.165) is 61.6 Å². The summed E-state index contributed by atoms with van der Waals surface area (Å²) >= 11 is 6.12. The Morgan fingerprint density at radius 2 is 2.07 bits per heavy atom. The highest BCUT2D eigenvalue weighted by molar-refractivity contribution is 14.0. The van der Waals surface area contributed by atoms with Crippen molar-refractivity contribution in [2.24, 2.45) is 4.99 Å². The SMILES string of the molecule is CN=C(NC1CC1c1cccc(Cl)c1)N1CCN(Cc2cc(C)on2)CC1.I. The van der Waals surface area contributed by atoms with Gasteiger partial charge in [0.25, 0.3) is 0 Å². The van der Waals surface area contributed by atoms with Crippen LogP contribution in [-0.2, 0) is 6.54 Å². The molecule has 1 saturated heterocycles. The van der Waals surface area contributed by atoms with Crippen LogP contribution in [0.1, 0.15) is 29.4 Å². The number of hydrogen-bond acceptors (Lipinski definition) is 4. The van der Waals surface area contributed by atoms with E-state index < -0.39 is 0 Å². The number of hydrogen-bond donors (Lipinski definition) is 1. The zero-order valence-corrected chi connectivity index (χ0v) is 19.4. The van der Waals surface area contributed by atoms with Gasteiger partial charge in [-0.15, -0.1) is 24.0 Å². The van der Waals surface area contributed by atoms with Crippen molar-refractivity contribution in [3.8, 4) is 0 Å². The molecule has 28 heavy (non-hydrogen) atoms. The largest absolute Gasteiger partial charge is 0.361 e. The van der Waals surface area contributed by atoms with Crippen molar-refractivity contribution < 1.29 is 4.52 Å². The van der Waals surface area contributed by atoms with Crippen LogP contribution in [0.25, 0.3) is 0 Å². The summed E-state index contributed by atoms with van der Waals surface area (Å²) in [5, 5.41) is 8.54. The molecule has 1 aromatic heterocycles. The maximum atomic E-state index is 6.12. The number of nitrogens with one attached hydrogen (secondary N) is 1. The molecule has 0 radical (unpaired) electrons. The van der Waals surface area contributed by atoms with Gasteiger partial charge in [-0.25, -0.2) is 0 Å². The van der Waals surface area contributed by atoms with E-state index in [0.29, 0.717) is 12.0 Å². The fourth-order valence-corrected chi connectivity index (χ4v) is 3.96. The maximum absolute atomic E-state index is 6.12. The van der Waals surface area contributed by atoms with Crippen molar-refractivity contribution in [2.75, 3.05) is 33.2 Å². The van der Waals surface area contributed by atoms with Crippen LogP contribution in [0.4, 0.5) is 0 Å². The number of aryl methyl sites for hydroxylation is 1. The number of benzene rings is 1. The predicted octanol–water partition coefficient (Wildman–Crippen LogP) is 3.50. The van der Waals surface area contributed by atoms with E-state index in [-0.39, 0.29) is 24.0 Å². The van der Waals surface area contributed by atoms with E-state index in [4.69, 9.17) is 16.1 Å². The third kappa shape index (κ3) is 5.18. The summed E-state index contributed by atoms with van der Waals surface area (Å²) in [6.45, 7) is 6.69. The van der Waals surface area contributed by atoms with Gasteiger partial charge >= 0.3 is 0 Å². The molecule has 2 atom stereocenters. The van der Waals surface area contributed by atoms with E-state index in [1.54, 1.807) is 0 Å². The first-order valence-corrected chi connectivity index (χ1v) is 9.88. The van der Waals surface area contributed by atoms with E-state index in [1.807, 2.05) is 32.2 Å². The average Bonchev–Trinajstić information content (AvgIpc) is 3.33. The van der Waals surface area contributed by atoms with Gasteiger partial charge in [0.15, 0.2) is 5.96 Å². The van der Waals surface area contributed by atoms with Gasteiger partial charge in [0, 0.05) is 62.8 Å². The molecule has 1 aliphatic carbocycles. The highest BCUT2D eigenvalue weighted by atomic mass is 127. The van der Waals surface area contributed by atoms with Gasteiger partial charge in [-0.1, -0.05) is 28.9 Å². The van der Waals surface area contributed by atoms with Crippen LogP contribution in [0.2, 0.25) is 5.02 Å². The second-order valence-corrected chi connectivity index (χ2v) is 7.82. The van der Waals surface area contributed by atoms with Crippen LogP contribution in [0.3, 0.4) is 0 Å². The number of piperazine rings is 1. The number of guanidine groups is 1. The van der Waals surface area contributed by atoms with E-state index >= 15 is 0 Å². The molecule has 0 bridgehead atoms. The van der Waals surface area contributed by atoms with Crippen molar-refractivity contribution in [3.63, 3.8) is 0 Å².